The fraction of sp³-hybridized carbons (Fsp3) is 0.0588. The van der Waals surface area contributed by atoms with Gasteiger partial charge in [-0.2, -0.15) is 10.3 Å². The van der Waals surface area contributed by atoms with E-state index in [1.807, 2.05) is 0 Å². The van der Waals surface area contributed by atoms with Gasteiger partial charge in [0.1, 0.15) is 11.6 Å². The maximum atomic E-state index is 12.8. The lowest BCUT2D eigenvalue weighted by molar-refractivity contribution is 0.0944. The Hall–Kier alpha value is -3.62. The summed E-state index contributed by atoms with van der Waals surface area (Å²) < 4.78 is 25.7. The van der Waals surface area contributed by atoms with E-state index in [-0.39, 0.29) is 23.9 Å². The summed E-state index contributed by atoms with van der Waals surface area (Å²) in [6, 6.07) is 11.1. The van der Waals surface area contributed by atoms with Gasteiger partial charge >= 0.3 is 5.56 Å². The Morgan fingerprint density at radius 1 is 1.12 bits per heavy atom. The van der Waals surface area contributed by atoms with Crippen molar-refractivity contribution in [1.82, 2.24) is 20.4 Å². The van der Waals surface area contributed by atoms with Crippen LogP contribution >= 0.6 is 0 Å². The Balaban J connectivity index is 1.67. The first kappa shape index (κ1) is 17.2. The second-order valence-electron chi connectivity index (χ2n) is 5.28. The van der Waals surface area contributed by atoms with Crippen LogP contribution in [-0.2, 0) is 6.54 Å². The summed E-state index contributed by atoms with van der Waals surface area (Å²) in [6.45, 7) is 0.115. The van der Waals surface area contributed by atoms with Gasteiger partial charge in [0.25, 0.3) is 5.91 Å². The highest BCUT2D eigenvalue weighted by Gasteiger charge is 2.16. The molecule has 0 aliphatic carbocycles. The van der Waals surface area contributed by atoms with Crippen LogP contribution in [0.2, 0.25) is 0 Å². The van der Waals surface area contributed by atoms with Gasteiger partial charge in [-0.3, -0.25) is 9.59 Å². The molecule has 0 aliphatic heterocycles. The van der Waals surface area contributed by atoms with E-state index in [4.69, 9.17) is 0 Å². The van der Waals surface area contributed by atoms with E-state index in [9.17, 15) is 18.4 Å². The number of carbonyl (C=O) groups excluding carboxylic acids is 1. The molecule has 7 nitrogen and oxygen atoms in total. The van der Waals surface area contributed by atoms with Crippen molar-refractivity contribution in [3.05, 3.63) is 87.3 Å². The predicted octanol–water partition coefficient (Wildman–Crippen LogP) is 1.66. The maximum absolute atomic E-state index is 12.8. The van der Waals surface area contributed by atoms with Crippen molar-refractivity contribution in [1.29, 1.82) is 0 Å². The number of nitrogens with one attached hydrogen (secondary N) is 2. The highest BCUT2D eigenvalue weighted by atomic mass is 19.1. The Kier molecular flexibility index (Phi) is 4.97. The summed E-state index contributed by atoms with van der Waals surface area (Å²) in [5.74, 6) is -1.46. The minimum atomic E-state index is -0.736. The van der Waals surface area contributed by atoms with Gasteiger partial charge in [0, 0.05) is 6.54 Å². The van der Waals surface area contributed by atoms with Crippen LogP contribution in [0.4, 0.5) is 8.78 Å². The van der Waals surface area contributed by atoms with Gasteiger partial charge in [0.05, 0.1) is 6.21 Å². The van der Waals surface area contributed by atoms with Crippen LogP contribution in [0.1, 0.15) is 21.6 Å². The number of nitrogens with zero attached hydrogens (tertiary/aromatic N) is 3. The molecule has 1 aromatic heterocycles. The zero-order valence-corrected chi connectivity index (χ0v) is 13.3. The first-order valence-corrected chi connectivity index (χ1v) is 7.53. The standard InChI is InChI=1S/C17H13F2N5O2/c18-13-5-1-11(2-6-13)9-20-16(25)15-17(26)24(23-22-15)21-10-12-3-7-14(19)8-4-12/h1-8,10,23H,9H2,(H,20,25). The maximum Gasteiger partial charge on any atom is 0.320 e. The monoisotopic (exact) mass is 357 g/mol. The first-order chi connectivity index (χ1) is 12.5. The summed E-state index contributed by atoms with van der Waals surface area (Å²) in [7, 11) is 0. The fourth-order valence-corrected chi connectivity index (χ4v) is 2.06. The Labute approximate surface area is 146 Å². The predicted molar refractivity (Wildman–Crippen MR) is 89.8 cm³/mol. The molecule has 2 aromatic carbocycles. The molecule has 3 rings (SSSR count). The molecule has 0 bridgehead atoms. The number of rotatable bonds is 5. The number of carbonyl (C=O) groups is 1. The van der Waals surface area contributed by atoms with Crippen molar-refractivity contribution in [3.8, 4) is 0 Å². The summed E-state index contributed by atoms with van der Waals surface area (Å²) in [6.07, 6.45) is 1.32. The molecule has 1 amide bonds. The highest BCUT2D eigenvalue weighted by Crippen LogP contribution is 2.02. The lowest BCUT2D eigenvalue weighted by atomic mass is 10.2. The van der Waals surface area contributed by atoms with Crippen molar-refractivity contribution in [3.63, 3.8) is 0 Å². The number of aromatic amines is 1. The van der Waals surface area contributed by atoms with Gasteiger partial charge in [-0.15, -0.1) is 9.89 Å². The largest absolute Gasteiger partial charge is 0.346 e. The van der Waals surface area contributed by atoms with E-state index < -0.39 is 11.5 Å². The number of amides is 1. The second-order valence-corrected chi connectivity index (χ2v) is 5.28. The number of aromatic nitrogens is 3. The van der Waals surface area contributed by atoms with Crippen molar-refractivity contribution in [2.24, 2.45) is 5.10 Å². The van der Waals surface area contributed by atoms with E-state index in [1.54, 1.807) is 0 Å². The SMILES string of the molecule is O=C(NCc1ccc(F)cc1)c1n[nH]n(N=Cc2ccc(F)cc2)c1=O. The minimum absolute atomic E-state index is 0.115. The van der Waals surface area contributed by atoms with Crippen LogP contribution in [0, 0.1) is 11.6 Å². The number of H-pyrrole nitrogens is 1. The lowest BCUT2D eigenvalue weighted by Gasteiger charge is -2.02. The second kappa shape index (κ2) is 7.51. The fourth-order valence-electron chi connectivity index (χ4n) is 2.06. The third kappa shape index (κ3) is 4.07. The van der Waals surface area contributed by atoms with E-state index >= 15 is 0 Å². The molecule has 0 radical (unpaired) electrons. The minimum Gasteiger partial charge on any atom is -0.346 e. The van der Waals surface area contributed by atoms with Crippen LogP contribution in [-0.4, -0.2) is 27.2 Å². The molecule has 3 aromatic rings. The van der Waals surface area contributed by atoms with Crippen LogP contribution in [0.15, 0.2) is 58.4 Å². The van der Waals surface area contributed by atoms with Crippen molar-refractivity contribution in [2.75, 3.05) is 0 Å². The molecule has 1 heterocycles. The molecule has 0 unspecified atom stereocenters. The average Bonchev–Trinajstić information content (AvgIpc) is 3.01. The zero-order valence-electron chi connectivity index (χ0n) is 13.3. The molecule has 0 spiro atoms. The van der Waals surface area contributed by atoms with E-state index in [0.29, 0.717) is 11.1 Å². The van der Waals surface area contributed by atoms with Gasteiger partial charge in [0.2, 0.25) is 5.69 Å². The Morgan fingerprint density at radius 3 is 2.38 bits per heavy atom. The van der Waals surface area contributed by atoms with Crippen LogP contribution in [0.25, 0.3) is 0 Å². The summed E-state index contributed by atoms with van der Waals surface area (Å²) >= 11 is 0. The molecular weight excluding hydrogens is 344 g/mol. The van der Waals surface area contributed by atoms with Gasteiger partial charge in [0.15, 0.2) is 0 Å². The van der Waals surface area contributed by atoms with Crippen molar-refractivity contribution in [2.45, 2.75) is 6.54 Å². The zero-order chi connectivity index (χ0) is 18.5. The number of halogens is 2. The third-order valence-electron chi connectivity index (χ3n) is 3.43. The molecule has 0 aliphatic rings. The highest BCUT2D eigenvalue weighted by molar-refractivity contribution is 5.91. The number of hydrogen-bond acceptors (Lipinski definition) is 4. The molecule has 132 valence electrons. The van der Waals surface area contributed by atoms with Crippen LogP contribution in [0.3, 0.4) is 0 Å². The van der Waals surface area contributed by atoms with Crippen LogP contribution in [0.5, 0.6) is 0 Å². The van der Waals surface area contributed by atoms with Crippen molar-refractivity contribution < 1.29 is 13.6 Å². The van der Waals surface area contributed by atoms with Crippen LogP contribution < -0.4 is 10.9 Å². The quantitative estimate of drug-likeness (QED) is 0.680. The smallest absolute Gasteiger partial charge is 0.320 e. The normalized spacial score (nSPS) is 11.0. The molecule has 26 heavy (non-hydrogen) atoms. The van der Waals surface area contributed by atoms with Gasteiger partial charge in [-0.25, -0.2) is 8.78 Å². The molecule has 9 heteroatoms. The summed E-state index contributed by atoms with van der Waals surface area (Å²) in [5, 5.41) is 12.3. The van der Waals surface area contributed by atoms with E-state index in [0.717, 1.165) is 4.79 Å². The van der Waals surface area contributed by atoms with Gasteiger partial charge < -0.3 is 5.32 Å². The molecule has 2 N–H and O–H groups in total. The summed E-state index contributed by atoms with van der Waals surface area (Å²) in [5.41, 5.74) is 0.142. The molecular formula is C17H13F2N5O2. The summed E-state index contributed by atoms with van der Waals surface area (Å²) in [4.78, 5) is 25.0. The van der Waals surface area contributed by atoms with Gasteiger partial charge in [-0.1, -0.05) is 24.3 Å². The Bertz CT molecular complexity index is 991. The Morgan fingerprint density at radius 2 is 1.73 bits per heavy atom. The number of hydrogen-bond donors (Lipinski definition) is 2. The molecule has 0 saturated heterocycles. The third-order valence-corrected chi connectivity index (χ3v) is 3.43. The number of benzene rings is 2. The van der Waals surface area contributed by atoms with E-state index in [1.165, 1.54) is 54.7 Å². The average molecular weight is 357 g/mol. The van der Waals surface area contributed by atoms with Gasteiger partial charge in [-0.05, 0) is 35.4 Å². The molecule has 0 saturated carbocycles. The topological polar surface area (TPSA) is 92.1 Å². The van der Waals surface area contributed by atoms with E-state index in [2.05, 4.69) is 20.7 Å². The molecule has 0 atom stereocenters. The first-order valence-electron chi connectivity index (χ1n) is 7.53. The van der Waals surface area contributed by atoms with Crippen molar-refractivity contribution >= 4 is 12.1 Å². The molecule has 0 fully saturated rings. The lowest BCUT2D eigenvalue weighted by Crippen LogP contribution is -2.29.